The zero-order valence-electron chi connectivity index (χ0n) is 26.3. The second-order valence-electron chi connectivity index (χ2n) is 11.9. The van der Waals surface area contributed by atoms with Gasteiger partial charge in [0.1, 0.15) is 24.0 Å². The van der Waals surface area contributed by atoms with Crippen LogP contribution in [0.25, 0.3) is 10.6 Å². The van der Waals surface area contributed by atoms with Crippen molar-refractivity contribution in [3.63, 3.8) is 0 Å². The van der Waals surface area contributed by atoms with Gasteiger partial charge in [0.2, 0.25) is 5.91 Å². The van der Waals surface area contributed by atoms with Crippen molar-refractivity contribution in [2.24, 2.45) is 11.8 Å². The van der Waals surface area contributed by atoms with Gasteiger partial charge < -0.3 is 40.2 Å². The molecule has 1 amide bonds. The van der Waals surface area contributed by atoms with Crippen molar-refractivity contribution in [1.82, 2.24) is 4.98 Å². The van der Waals surface area contributed by atoms with E-state index in [-0.39, 0.29) is 42.1 Å². The second-order valence-corrected chi connectivity index (χ2v) is 14.0. The van der Waals surface area contributed by atoms with E-state index < -0.39 is 36.5 Å². The van der Waals surface area contributed by atoms with Crippen molar-refractivity contribution in [3.05, 3.63) is 39.5 Å². The van der Waals surface area contributed by atoms with E-state index in [1.807, 2.05) is 24.5 Å². The minimum absolute atomic E-state index is 0.0347. The molecule has 3 heterocycles. The van der Waals surface area contributed by atoms with E-state index in [1.165, 1.54) is 26.8 Å². The van der Waals surface area contributed by atoms with Crippen LogP contribution in [-0.4, -0.2) is 81.0 Å². The van der Waals surface area contributed by atoms with Gasteiger partial charge in [-0.2, -0.15) is 0 Å². The normalized spacial score (nSPS) is 22.9. The van der Waals surface area contributed by atoms with Crippen LogP contribution in [0.4, 0.5) is 5.69 Å². The number of esters is 1. The molecule has 0 aromatic heterocycles. The van der Waals surface area contributed by atoms with Gasteiger partial charge in [-0.25, -0.2) is 4.79 Å². The number of aliphatic hydroxyl groups is 4. The van der Waals surface area contributed by atoms with Crippen molar-refractivity contribution in [1.29, 1.82) is 0 Å². The SMILES string of the molecule is CC(=CC(=O)OCCCCCCCCCC(=O)Nc1c2sscc-2[nH]c1=O)C(O)C1OCC(CC=CC(C)C(C)O)C(O)C1O. The minimum atomic E-state index is -1.33. The maximum absolute atomic E-state index is 12.3. The van der Waals surface area contributed by atoms with E-state index in [9.17, 15) is 34.8 Å². The zero-order chi connectivity index (χ0) is 32.9. The van der Waals surface area contributed by atoms with Crippen LogP contribution >= 0.6 is 20.7 Å². The van der Waals surface area contributed by atoms with Gasteiger partial charge in [0.25, 0.3) is 5.56 Å². The maximum atomic E-state index is 12.3. The summed E-state index contributed by atoms with van der Waals surface area (Å²) in [4.78, 5) is 40.0. The molecule has 252 valence electrons. The zero-order valence-corrected chi connectivity index (χ0v) is 27.9. The molecule has 0 radical (unpaired) electrons. The Labute approximate surface area is 271 Å². The quantitative estimate of drug-likeness (QED) is 0.0446. The fourth-order valence-electron chi connectivity index (χ4n) is 5.12. The molecule has 0 spiro atoms. The van der Waals surface area contributed by atoms with Gasteiger partial charge in [-0.3, -0.25) is 9.59 Å². The van der Waals surface area contributed by atoms with Crippen LogP contribution < -0.4 is 10.9 Å². The van der Waals surface area contributed by atoms with Crippen LogP contribution in [0.15, 0.2) is 34.0 Å². The highest BCUT2D eigenvalue weighted by Gasteiger charge is 2.41. The fraction of sp³-hybridized carbons (Fsp3) is 0.656. The Morgan fingerprint density at radius 3 is 2.51 bits per heavy atom. The molecule has 11 nitrogen and oxygen atoms in total. The van der Waals surface area contributed by atoms with Crippen molar-refractivity contribution in [3.8, 4) is 10.6 Å². The van der Waals surface area contributed by atoms with Crippen LogP contribution in [0.2, 0.25) is 0 Å². The molecule has 0 aromatic carbocycles. The summed E-state index contributed by atoms with van der Waals surface area (Å²) in [6.45, 7) is 5.52. The molecular weight excluding hydrogens is 620 g/mol. The van der Waals surface area contributed by atoms with Crippen LogP contribution in [0.1, 0.15) is 78.6 Å². The number of fused-ring (bicyclic) bond motifs is 1. The van der Waals surface area contributed by atoms with Crippen molar-refractivity contribution in [2.45, 2.75) is 109 Å². The van der Waals surface area contributed by atoms with E-state index in [0.717, 1.165) is 49.1 Å². The lowest BCUT2D eigenvalue weighted by atomic mass is 9.86. The molecule has 1 fully saturated rings. The van der Waals surface area contributed by atoms with E-state index >= 15 is 0 Å². The average Bonchev–Trinajstić information content (AvgIpc) is 3.57. The van der Waals surface area contributed by atoms with Crippen molar-refractivity contribution in [2.75, 3.05) is 18.5 Å². The number of hydrogen-bond acceptors (Lipinski definition) is 11. The van der Waals surface area contributed by atoms with E-state index in [2.05, 4.69) is 10.3 Å². The fourth-order valence-corrected chi connectivity index (χ4v) is 7.28. The van der Waals surface area contributed by atoms with Crippen LogP contribution in [0, 0.1) is 11.8 Å². The molecule has 0 aliphatic carbocycles. The number of H-pyrrole nitrogens is 1. The molecule has 1 saturated heterocycles. The number of anilines is 1. The summed E-state index contributed by atoms with van der Waals surface area (Å²) in [7, 11) is 2.98. The standard InChI is InChI=1S/C32H48N2O9S2/c1-19(21(3)35)12-11-13-22-17-43-30(29(40)28(22)39)27(38)20(2)16-25(37)42-15-10-8-6-4-5-7-9-14-24(36)34-26-31-23(18-44-45-31)33-32(26)41/h11-12,16,18-19,21-22,27-30,35,38-40H,4-10,13-15,17H2,1-3H3,(H,33,41)(H,34,36). The van der Waals surface area contributed by atoms with Gasteiger partial charge in [-0.1, -0.05) is 71.9 Å². The molecule has 3 aliphatic heterocycles. The topological polar surface area (TPSA) is 178 Å². The predicted octanol–water partition coefficient (Wildman–Crippen LogP) is 4.21. The lowest BCUT2D eigenvalue weighted by Crippen LogP contribution is -2.54. The summed E-state index contributed by atoms with van der Waals surface area (Å²) in [6.07, 6.45) is 6.69. The number of carbonyl (C=O) groups excluding carboxylic acids is 2. The molecule has 0 aromatic rings. The van der Waals surface area contributed by atoms with E-state index in [4.69, 9.17) is 9.47 Å². The van der Waals surface area contributed by atoms with Gasteiger partial charge in [-0.05, 0) is 44.6 Å². The van der Waals surface area contributed by atoms with Gasteiger partial charge in [0.05, 0.1) is 36.0 Å². The molecule has 6 N–H and O–H groups in total. The summed E-state index contributed by atoms with van der Waals surface area (Å²) in [5.74, 6) is -1.13. The number of allylic oxidation sites excluding steroid dienone is 1. The number of hydrogen-bond donors (Lipinski definition) is 6. The van der Waals surface area contributed by atoms with Crippen LogP contribution in [-0.2, 0) is 19.1 Å². The highest BCUT2D eigenvalue weighted by Crippen LogP contribution is 2.35. The number of unbranched alkanes of at least 4 members (excludes halogenated alkanes) is 6. The Balaban J connectivity index is 1.23. The number of rotatable bonds is 18. The number of nitrogens with one attached hydrogen (secondary N) is 2. The molecule has 7 atom stereocenters. The number of carbonyl (C=O) groups is 2. The third-order valence-electron chi connectivity index (χ3n) is 8.24. The maximum Gasteiger partial charge on any atom is 0.330 e. The monoisotopic (exact) mass is 668 g/mol. The molecule has 3 aliphatic rings. The number of aromatic amines is 1. The smallest absolute Gasteiger partial charge is 0.330 e. The Bertz CT molecular complexity index is 1280. The second kappa shape index (κ2) is 18.7. The molecule has 0 saturated carbocycles. The summed E-state index contributed by atoms with van der Waals surface area (Å²) in [6, 6.07) is 0. The number of aliphatic hydroxyl groups excluding tert-OH is 4. The van der Waals surface area contributed by atoms with Gasteiger partial charge in [-0.15, -0.1) is 0 Å². The summed E-state index contributed by atoms with van der Waals surface area (Å²) < 4.78 is 11.0. The Hall–Kier alpha value is -2.39. The van der Waals surface area contributed by atoms with Gasteiger partial charge in [0.15, 0.2) is 0 Å². The molecule has 3 rings (SSSR count). The summed E-state index contributed by atoms with van der Waals surface area (Å²) in [5, 5.41) is 46.0. The van der Waals surface area contributed by atoms with Crippen LogP contribution in [0.3, 0.4) is 0 Å². The minimum Gasteiger partial charge on any atom is -0.463 e. The average molecular weight is 669 g/mol. The first kappa shape index (κ1) is 37.1. The summed E-state index contributed by atoms with van der Waals surface area (Å²) >= 11 is 0. The number of ether oxygens (including phenoxy) is 2. The molecular formula is C32H48N2O9S2. The number of amides is 1. The first-order valence-corrected chi connectivity index (χ1v) is 18.0. The molecule has 0 bridgehead atoms. The van der Waals surface area contributed by atoms with Gasteiger partial charge >= 0.3 is 5.97 Å². The molecule has 7 unspecified atom stereocenters. The first-order chi connectivity index (χ1) is 21.5. The number of aromatic nitrogens is 1. The lowest BCUT2D eigenvalue weighted by Gasteiger charge is -2.39. The van der Waals surface area contributed by atoms with Gasteiger partial charge in [0, 0.05) is 23.8 Å². The van der Waals surface area contributed by atoms with E-state index in [0.29, 0.717) is 24.9 Å². The third-order valence-corrected chi connectivity index (χ3v) is 10.3. The Morgan fingerprint density at radius 1 is 1.11 bits per heavy atom. The van der Waals surface area contributed by atoms with E-state index in [1.54, 1.807) is 13.8 Å². The highest BCUT2D eigenvalue weighted by molar-refractivity contribution is 7.70. The predicted molar refractivity (Wildman–Crippen MR) is 176 cm³/mol. The highest BCUT2D eigenvalue weighted by atomic mass is 32.9. The summed E-state index contributed by atoms with van der Waals surface area (Å²) in [5.41, 5.74) is 1.12. The Morgan fingerprint density at radius 2 is 1.80 bits per heavy atom. The largest absolute Gasteiger partial charge is 0.463 e. The van der Waals surface area contributed by atoms with Crippen LogP contribution in [0.5, 0.6) is 0 Å². The lowest BCUT2D eigenvalue weighted by molar-refractivity contribution is -0.187. The molecule has 13 heteroatoms. The van der Waals surface area contributed by atoms with Crippen molar-refractivity contribution >= 4 is 38.2 Å². The Kier molecular flexibility index (Phi) is 15.4. The molecule has 45 heavy (non-hydrogen) atoms. The first-order valence-electron chi connectivity index (χ1n) is 15.7. The van der Waals surface area contributed by atoms with Crippen molar-refractivity contribution < 1.29 is 39.5 Å². The third kappa shape index (κ3) is 11.4.